The molecule has 4 aromatic carbocycles. The van der Waals surface area contributed by atoms with Crippen molar-refractivity contribution in [3.05, 3.63) is 119 Å². The molecule has 1 aliphatic heterocycles. The largest absolute Gasteiger partial charge is 0.345 e. The Hall–Kier alpha value is -4.33. The third-order valence-corrected chi connectivity index (χ3v) is 8.43. The molecular formula is C34H33N5OS. The van der Waals surface area contributed by atoms with E-state index >= 15 is 0 Å². The van der Waals surface area contributed by atoms with Gasteiger partial charge in [-0.25, -0.2) is 14.8 Å². The van der Waals surface area contributed by atoms with E-state index in [4.69, 9.17) is 15.8 Å². The van der Waals surface area contributed by atoms with Crippen LogP contribution in [0.4, 0.5) is 10.5 Å². The van der Waals surface area contributed by atoms with E-state index in [-0.39, 0.29) is 6.03 Å². The summed E-state index contributed by atoms with van der Waals surface area (Å²) in [4.78, 5) is 20.7. The van der Waals surface area contributed by atoms with Crippen molar-refractivity contribution in [3.63, 3.8) is 0 Å². The third-order valence-electron chi connectivity index (χ3n) is 7.34. The average Bonchev–Trinajstić information content (AvgIpc) is 3.40. The molecule has 0 radical (unpaired) electrons. The normalized spacial score (nSPS) is 13.3. The molecule has 7 heteroatoms. The Bertz CT molecular complexity index is 1630. The van der Waals surface area contributed by atoms with Crippen LogP contribution in [0.2, 0.25) is 0 Å². The first-order valence-electron chi connectivity index (χ1n) is 14.1. The van der Waals surface area contributed by atoms with E-state index in [2.05, 4.69) is 54.6 Å². The standard InChI is InChI=1S/C34H33N5OS/c35-22-8-9-23-39-34(40)38(24-25-16-18-27(19-17-25)26-10-2-1-3-11-26)31-14-6-4-12-28(31)29(37-39)20-21-33-36-30-13-5-7-15-32(30)41-33/h1-7,10-19H,8-9,20-24,35H2. The molecule has 0 bridgehead atoms. The molecule has 1 aliphatic rings. The SMILES string of the molecule is NCCCCN1N=C(CCc2nc3ccccc3s2)c2ccccc2N(Cc2ccc(-c3ccccc3)cc2)C1=O. The zero-order chi connectivity index (χ0) is 28.0. The van der Waals surface area contributed by atoms with Crippen molar-refractivity contribution in [2.24, 2.45) is 10.8 Å². The zero-order valence-corrected chi connectivity index (χ0v) is 23.8. The van der Waals surface area contributed by atoms with Crippen LogP contribution in [0.25, 0.3) is 21.3 Å². The van der Waals surface area contributed by atoms with Gasteiger partial charge in [0.15, 0.2) is 0 Å². The first-order valence-corrected chi connectivity index (χ1v) is 15.0. The number of urea groups is 1. The number of rotatable bonds is 10. The number of carbonyl (C=O) groups excluding carboxylic acids is 1. The van der Waals surface area contributed by atoms with E-state index in [0.717, 1.165) is 57.9 Å². The van der Waals surface area contributed by atoms with Crippen LogP contribution in [0.15, 0.2) is 108 Å². The summed E-state index contributed by atoms with van der Waals surface area (Å²) in [5, 5.41) is 7.70. The summed E-state index contributed by atoms with van der Waals surface area (Å²) in [6.07, 6.45) is 3.09. The summed E-state index contributed by atoms with van der Waals surface area (Å²) in [7, 11) is 0. The lowest BCUT2D eigenvalue weighted by molar-refractivity contribution is 0.206. The fourth-order valence-electron chi connectivity index (χ4n) is 5.19. The monoisotopic (exact) mass is 559 g/mol. The number of benzene rings is 4. The van der Waals surface area contributed by atoms with Crippen LogP contribution in [0.5, 0.6) is 0 Å². The number of aryl methyl sites for hydroxylation is 1. The highest BCUT2D eigenvalue weighted by Crippen LogP contribution is 2.31. The quantitative estimate of drug-likeness (QED) is 0.180. The van der Waals surface area contributed by atoms with Crippen LogP contribution in [0, 0.1) is 0 Å². The number of thiazole rings is 1. The van der Waals surface area contributed by atoms with Gasteiger partial charge in [-0.1, -0.05) is 84.9 Å². The Balaban J connectivity index is 1.30. The second-order valence-corrected chi connectivity index (χ2v) is 11.3. The van der Waals surface area contributed by atoms with Crippen molar-refractivity contribution in [3.8, 4) is 11.1 Å². The highest BCUT2D eigenvalue weighted by atomic mass is 32.1. The molecule has 2 heterocycles. The van der Waals surface area contributed by atoms with Gasteiger partial charge >= 0.3 is 6.03 Å². The Kier molecular flexibility index (Phi) is 8.16. The molecule has 0 aliphatic carbocycles. The fourth-order valence-corrected chi connectivity index (χ4v) is 6.16. The van der Waals surface area contributed by atoms with Gasteiger partial charge in [0.2, 0.25) is 0 Å². The number of hydrogen-bond acceptors (Lipinski definition) is 5. The molecule has 6 rings (SSSR count). The molecule has 5 aromatic rings. The maximum Gasteiger partial charge on any atom is 0.345 e. The van der Waals surface area contributed by atoms with Gasteiger partial charge in [-0.2, -0.15) is 5.10 Å². The van der Waals surface area contributed by atoms with Crippen LogP contribution >= 0.6 is 11.3 Å². The van der Waals surface area contributed by atoms with Crippen molar-refractivity contribution >= 4 is 39.0 Å². The molecule has 206 valence electrons. The van der Waals surface area contributed by atoms with E-state index in [9.17, 15) is 4.79 Å². The molecular weight excluding hydrogens is 526 g/mol. The number of carbonyl (C=O) groups is 1. The number of hydrogen-bond donors (Lipinski definition) is 1. The summed E-state index contributed by atoms with van der Waals surface area (Å²) in [6, 6.07) is 35.0. The fraction of sp³-hybridized carbons (Fsp3) is 0.206. The first kappa shape index (κ1) is 26.9. The minimum absolute atomic E-state index is 0.114. The second kappa shape index (κ2) is 12.5. The average molecular weight is 560 g/mol. The number of amides is 2. The van der Waals surface area contributed by atoms with Gasteiger partial charge in [0.1, 0.15) is 0 Å². The van der Waals surface area contributed by atoms with Crippen LogP contribution in [0.3, 0.4) is 0 Å². The number of nitrogens with two attached hydrogens (primary N) is 1. The van der Waals surface area contributed by atoms with Crippen molar-refractivity contribution in [2.45, 2.75) is 32.2 Å². The van der Waals surface area contributed by atoms with Crippen molar-refractivity contribution in [2.75, 3.05) is 18.0 Å². The minimum Gasteiger partial charge on any atom is -0.330 e. The van der Waals surface area contributed by atoms with E-state index in [1.54, 1.807) is 16.3 Å². The predicted octanol–water partition coefficient (Wildman–Crippen LogP) is 7.48. The topological polar surface area (TPSA) is 74.8 Å². The summed E-state index contributed by atoms with van der Waals surface area (Å²) in [6.45, 7) is 1.57. The zero-order valence-electron chi connectivity index (χ0n) is 22.9. The summed E-state index contributed by atoms with van der Waals surface area (Å²) >= 11 is 1.72. The molecule has 2 amide bonds. The predicted molar refractivity (Wildman–Crippen MR) is 169 cm³/mol. The smallest absolute Gasteiger partial charge is 0.330 e. The maximum absolute atomic E-state index is 14.0. The Labute approximate surface area is 244 Å². The lowest BCUT2D eigenvalue weighted by atomic mass is 10.0. The van der Waals surface area contributed by atoms with Gasteiger partial charge in [-0.3, -0.25) is 4.90 Å². The number of unbranched alkanes of at least 4 members (excludes halogenated alkanes) is 1. The van der Waals surface area contributed by atoms with E-state index in [0.29, 0.717) is 26.1 Å². The van der Waals surface area contributed by atoms with E-state index < -0.39 is 0 Å². The molecule has 0 spiro atoms. The van der Waals surface area contributed by atoms with E-state index in [1.165, 1.54) is 10.3 Å². The van der Waals surface area contributed by atoms with E-state index in [1.807, 2.05) is 53.4 Å². The molecule has 0 saturated carbocycles. The Morgan fingerprint density at radius 1 is 0.756 bits per heavy atom. The van der Waals surface area contributed by atoms with Crippen LogP contribution in [-0.4, -0.2) is 34.8 Å². The Morgan fingerprint density at radius 2 is 1.49 bits per heavy atom. The number of hydrazone groups is 1. The lowest BCUT2D eigenvalue weighted by Crippen LogP contribution is -2.40. The van der Waals surface area contributed by atoms with Gasteiger partial charge in [0.05, 0.1) is 33.2 Å². The van der Waals surface area contributed by atoms with Crippen LogP contribution in [0.1, 0.15) is 35.4 Å². The molecule has 0 fully saturated rings. The van der Waals surface area contributed by atoms with Crippen molar-refractivity contribution in [1.29, 1.82) is 0 Å². The minimum atomic E-state index is -0.114. The van der Waals surface area contributed by atoms with Crippen molar-refractivity contribution < 1.29 is 4.79 Å². The van der Waals surface area contributed by atoms with Gasteiger partial charge in [-0.15, -0.1) is 11.3 Å². The third kappa shape index (κ3) is 6.06. The van der Waals surface area contributed by atoms with Gasteiger partial charge in [0.25, 0.3) is 0 Å². The van der Waals surface area contributed by atoms with Gasteiger partial charge in [-0.05, 0) is 60.7 Å². The molecule has 2 N–H and O–H groups in total. The summed E-state index contributed by atoms with van der Waals surface area (Å²) in [5.74, 6) is 0. The van der Waals surface area contributed by atoms with Crippen LogP contribution < -0.4 is 10.6 Å². The molecule has 6 nitrogen and oxygen atoms in total. The molecule has 1 aromatic heterocycles. The van der Waals surface area contributed by atoms with Crippen molar-refractivity contribution in [1.82, 2.24) is 9.99 Å². The second-order valence-electron chi connectivity index (χ2n) is 10.2. The number of fused-ring (bicyclic) bond motifs is 2. The maximum atomic E-state index is 14.0. The molecule has 0 atom stereocenters. The summed E-state index contributed by atoms with van der Waals surface area (Å²) < 4.78 is 1.19. The van der Waals surface area contributed by atoms with Gasteiger partial charge < -0.3 is 5.73 Å². The highest BCUT2D eigenvalue weighted by molar-refractivity contribution is 7.18. The first-order chi connectivity index (χ1) is 20.2. The highest BCUT2D eigenvalue weighted by Gasteiger charge is 2.29. The molecule has 0 saturated heterocycles. The summed E-state index contributed by atoms with van der Waals surface area (Å²) in [5.41, 5.74) is 13.0. The number of aromatic nitrogens is 1. The number of nitrogens with zero attached hydrogens (tertiary/aromatic N) is 4. The molecule has 41 heavy (non-hydrogen) atoms. The van der Waals surface area contributed by atoms with Crippen LogP contribution in [-0.2, 0) is 13.0 Å². The Morgan fingerprint density at radius 3 is 2.29 bits per heavy atom. The lowest BCUT2D eigenvalue weighted by Gasteiger charge is -2.27. The van der Waals surface area contributed by atoms with Gasteiger partial charge in [0, 0.05) is 18.5 Å². The molecule has 0 unspecified atom stereocenters. The number of para-hydroxylation sites is 2. The number of anilines is 1.